The van der Waals surface area contributed by atoms with Gasteiger partial charge in [-0.1, -0.05) is 17.7 Å². The second-order valence-electron chi connectivity index (χ2n) is 4.59. The smallest absolute Gasteiger partial charge is 0.258 e. The average Bonchev–Trinajstić information content (AvgIpc) is 2.45. The Balaban J connectivity index is 2.33. The van der Waals surface area contributed by atoms with E-state index in [4.69, 9.17) is 5.73 Å². The van der Waals surface area contributed by atoms with Crippen LogP contribution in [0.3, 0.4) is 0 Å². The molecule has 2 aromatic carbocycles. The maximum Gasteiger partial charge on any atom is 0.258 e. The van der Waals surface area contributed by atoms with Crippen LogP contribution in [0, 0.1) is 12.7 Å². The lowest BCUT2D eigenvalue weighted by molar-refractivity contribution is 0.0987. The predicted molar refractivity (Wildman–Crippen MR) is 78.3 cm³/mol. The van der Waals surface area contributed by atoms with Gasteiger partial charge in [0.1, 0.15) is 5.82 Å². The Kier molecular flexibility index (Phi) is 4.48. The van der Waals surface area contributed by atoms with Crippen molar-refractivity contribution in [1.29, 1.82) is 0 Å². The van der Waals surface area contributed by atoms with E-state index in [-0.39, 0.29) is 11.7 Å². The van der Waals surface area contributed by atoms with E-state index in [1.54, 1.807) is 23.1 Å². The topological polar surface area (TPSA) is 46.3 Å². The molecule has 2 N–H and O–H groups in total. The van der Waals surface area contributed by atoms with Crippen molar-refractivity contribution in [2.24, 2.45) is 5.73 Å². The summed E-state index contributed by atoms with van der Waals surface area (Å²) in [5.74, 6) is -0.463. The molecule has 0 saturated heterocycles. The Bertz CT molecular complexity index is 596. The average molecular weight is 272 g/mol. The maximum atomic E-state index is 13.0. The van der Waals surface area contributed by atoms with Gasteiger partial charge >= 0.3 is 0 Å². The van der Waals surface area contributed by atoms with Gasteiger partial charge in [-0.05, 0) is 43.3 Å². The zero-order chi connectivity index (χ0) is 14.5. The minimum atomic E-state index is -0.329. The van der Waals surface area contributed by atoms with Gasteiger partial charge in [0.15, 0.2) is 0 Å². The van der Waals surface area contributed by atoms with Crippen LogP contribution in [-0.2, 0) is 0 Å². The third kappa shape index (κ3) is 3.22. The van der Waals surface area contributed by atoms with Crippen LogP contribution in [0.25, 0.3) is 0 Å². The highest BCUT2D eigenvalue weighted by Gasteiger charge is 2.17. The van der Waals surface area contributed by atoms with E-state index in [0.717, 1.165) is 5.56 Å². The fraction of sp³-hybridized carbons (Fsp3) is 0.188. The van der Waals surface area contributed by atoms with E-state index >= 15 is 0 Å². The van der Waals surface area contributed by atoms with Gasteiger partial charge in [-0.15, -0.1) is 0 Å². The van der Waals surface area contributed by atoms with Crippen LogP contribution < -0.4 is 10.6 Å². The van der Waals surface area contributed by atoms with Crippen molar-refractivity contribution >= 4 is 11.6 Å². The zero-order valence-corrected chi connectivity index (χ0v) is 11.3. The number of amides is 1. The second kappa shape index (κ2) is 6.30. The number of rotatable bonds is 4. The van der Waals surface area contributed by atoms with E-state index in [2.05, 4.69) is 0 Å². The Labute approximate surface area is 117 Å². The molecule has 0 aliphatic carbocycles. The summed E-state index contributed by atoms with van der Waals surface area (Å²) < 4.78 is 13.0. The summed E-state index contributed by atoms with van der Waals surface area (Å²) in [5, 5.41) is 0. The molecule has 0 atom stereocenters. The molecule has 0 bridgehead atoms. The first-order valence-corrected chi connectivity index (χ1v) is 6.46. The quantitative estimate of drug-likeness (QED) is 0.930. The fourth-order valence-electron chi connectivity index (χ4n) is 2.03. The van der Waals surface area contributed by atoms with Gasteiger partial charge in [0.05, 0.1) is 0 Å². The molecule has 0 unspecified atom stereocenters. The second-order valence-corrected chi connectivity index (χ2v) is 4.59. The first kappa shape index (κ1) is 14.2. The zero-order valence-electron chi connectivity index (χ0n) is 11.3. The number of nitrogens with zero attached hydrogens (tertiary/aromatic N) is 1. The van der Waals surface area contributed by atoms with Crippen molar-refractivity contribution in [3.05, 3.63) is 65.5 Å². The summed E-state index contributed by atoms with van der Waals surface area (Å²) in [4.78, 5) is 14.1. The van der Waals surface area contributed by atoms with Crippen molar-refractivity contribution in [3.63, 3.8) is 0 Å². The highest BCUT2D eigenvalue weighted by molar-refractivity contribution is 6.06. The van der Waals surface area contributed by atoms with Crippen molar-refractivity contribution in [2.45, 2.75) is 6.92 Å². The summed E-state index contributed by atoms with van der Waals surface area (Å²) in [5.41, 5.74) is 7.83. The molecule has 2 aromatic rings. The number of hydrogen-bond acceptors (Lipinski definition) is 2. The lowest BCUT2D eigenvalue weighted by Crippen LogP contribution is -2.35. The van der Waals surface area contributed by atoms with E-state index in [9.17, 15) is 9.18 Å². The first-order chi connectivity index (χ1) is 9.61. The molecular weight excluding hydrogens is 255 g/mol. The van der Waals surface area contributed by atoms with Crippen molar-refractivity contribution < 1.29 is 9.18 Å². The van der Waals surface area contributed by atoms with E-state index < -0.39 is 0 Å². The highest BCUT2D eigenvalue weighted by Crippen LogP contribution is 2.18. The van der Waals surface area contributed by atoms with E-state index in [1.165, 1.54) is 12.1 Å². The Hall–Kier alpha value is -2.20. The molecule has 4 heteroatoms. The standard InChI is InChI=1S/C16H17FN2O/c1-12-3-2-4-13(11-12)16(20)19(10-9-18)15-7-5-14(17)6-8-15/h2-8,11H,9-10,18H2,1H3. The molecule has 0 aromatic heterocycles. The number of anilines is 1. The van der Waals surface area contributed by atoms with Gasteiger partial charge in [-0.25, -0.2) is 4.39 Å². The highest BCUT2D eigenvalue weighted by atomic mass is 19.1. The monoisotopic (exact) mass is 272 g/mol. The number of carbonyl (C=O) groups excluding carboxylic acids is 1. The van der Waals surface area contributed by atoms with Crippen LogP contribution in [0.2, 0.25) is 0 Å². The Morgan fingerprint density at radius 1 is 1.20 bits per heavy atom. The molecular formula is C16H17FN2O. The molecule has 0 spiro atoms. The van der Waals surface area contributed by atoms with Crippen LogP contribution in [0.4, 0.5) is 10.1 Å². The lowest BCUT2D eigenvalue weighted by Gasteiger charge is -2.22. The minimum Gasteiger partial charge on any atom is -0.329 e. The van der Waals surface area contributed by atoms with Crippen molar-refractivity contribution in [3.8, 4) is 0 Å². The first-order valence-electron chi connectivity index (χ1n) is 6.46. The molecule has 0 radical (unpaired) electrons. The van der Waals surface area contributed by atoms with Gasteiger partial charge in [0.25, 0.3) is 5.91 Å². The fourth-order valence-corrected chi connectivity index (χ4v) is 2.03. The number of nitrogens with two attached hydrogens (primary N) is 1. The molecule has 2 rings (SSSR count). The number of benzene rings is 2. The molecule has 0 saturated carbocycles. The maximum absolute atomic E-state index is 13.0. The number of carbonyl (C=O) groups is 1. The van der Waals surface area contributed by atoms with Crippen LogP contribution in [0.1, 0.15) is 15.9 Å². The number of aryl methyl sites for hydroxylation is 1. The molecule has 0 aliphatic rings. The molecule has 3 nitrogen and oxygen atoms in total. The largest absolute Gasteiger partial charge is 0.329 e. The van der Waals surface area contributed by atoms with Crippen LogP contribution in [-0.4, -0.2) is 19.0 Å². The molecule has 0 fully saturated rings. The summed E-state index contributed by atoms with van der Waals surface area (Å²) in [7, 11) is 0. The Morgan fingerprint density at radius 3 is 2.50 bits per heavy atom. The molecule has 0 heterocycles. The third-order valence-corrected chi connectivity index (χ3v) is 3.00. The molecule has 0 aliphatic heterocycles. The summed E-state index contributed by atoms with van der Waals surface area (Å²) in [6.07, 6.45) is 0. The lowest BCUT2D eigenvalue weighted by atomic mass is 10.1. The summed E-state index contributed by atoms with van der Waals surface area (Å²) in [6.45, 7) is 2.66. The summed E-state index contributed by atoms with van der Waals surface area (Å²) in [6, 6.07) is 13.2. The molecule has 1 amide bonds. The van der Waals surface area contributed by atoms with Crippen molar-refractivity contribution in [2.75, 3.05) is 18.0 Å². The van der Waals surface area contributed by atoms with Crippen molar-refractivity contribution in [1.82, 2.24) is 0 Å². The SMILES string of the molecule is Cc1cccc(C(=O)N(CCN)c2ccc(F)cc2)c1. The normalized spacial score (nSPS) is 10.3. The van der Waals surface area contributed by atoms with E-state index in [0.29, 0.717) is 24.3 Å². The van der Waals surface area contributed by atoms with Gasteiger partial charge in [-0.3, -0.25) is 4.79 Å². The van der Waals surface area contributed by atoms with Gasteiger partial charge in [-0.2, -0.15) is 0 Å². The van der Waals surface area contributed by atoms with Crippen LogP contribution in [0.5, 0.6) is 0 Å². The van der Waals surface area contributed by atoms with Gasteiger partial charge in [0, 0.05) is 24.3 Å². The third-order valence-electron chi connectivity index (χ3n) is 3.00. The predicted octanol–water partition coefficient (Wildman–Crippen LogP) is 2.74. The van der Waals surface area contributed by atoms with Crippen LogP contribution in [0.15, 0.2) is 48.5 Å². The molecule has 20 heavy (non-hydrogen) atoms. The van der Waals surface area contributed by atoms with Gasteiger partial charge < -0.3 is 10.6 Å². The molecule has 104 valence electrons. The number of hydrogen-bond donors (Lipinski definition) is 1. The number of halogens is 1. The van der Waals surface area contributed by atoms with Gasteiger partial charge in [0.2, 0.25) is 0 Å². The summed E-state index contributed by atoms with van der Waals surface area (Å²) >= 11 is 0. The Morgan fingerprint density at radius 2 is 1.90 bits per heavy atom. The van der Waals surface area contributed by atoms with E-state index in [1.807, 2.05) is 25.1 Å². The minimum absolute atomic E-state index is 0.134. The van der Waals surface area contributed by atoms with Crippen LogP contribution >= 0.6 is 0 Å².